The fourth-order valence-corrected chi connectivity index (χ4v) is 3.20. The lowest BCUT2D eigenvalue weighted by molar-refractivity contribution is -0.0328. The molecule has 0 bridgehead atoms. The molecule has 1 aliphatic heterocycles. The normalized spacial score (nSPS) is 19.5. The van der Waals surface area contributed by atoms with Gasteiger partial charge in [0.2, 0.25) is 0 Å². The number of thioether (sulfide) groups is 1. The molecule has 1 aromatic carbocycles. The van der Waals surface area contributed by atoms with Gasteiger partial charge in [-0.1, -0.05) is 0 Å². The van der Waals surface area contributed by atoms with E-state index < -0.39 is 5.51 Å². The molecule has 0 aliphatic carbocycles. The van der Waals surface area contributed by atoms with E-state index in [-0.39, 0.29) is 16.7 Å². The Morgan fingerprint density at radius 3 is 2.29 bits per heavy atom. The van der Waals surface area contributed by atoms with Gasteiger partial charge >= 0.3 is 5.51 Å². The molecule has 0 spiro atoms. The molecule has 1 aliphatic rings. The van der Waals surface area contributed by atoms with E-state index in [4.69, 9.17) is 0 Å². The van der Waals surface area contributed by atoms with Crippen LogP contribution >= 0.6 is 11.8 Å². The number of halogens is 3. The topological polar surface area (TPSA) is 15.3 Å². The highest BCUT2D eigenvalue weighted by Crippen LogP contribution is 2.37. The zero-order chi connectivity index (χ0) is 15.5. The first-order valence-electron chi connectivity index (χ1n) is 7.14. The molecule has 0 radical (unpaired) electrons. The summed E-state index contributed by atoms with van der Waals surface area (Å²) in [5.74, 6) is 0.616. The van der Waals surface area contributed by atoms with E-state index in [2.05, 4.69) is 24.2 Å². The van der Waals surface area contributed by atoms with Crippen LogP contribution in [0.2, 0.25) is 0 Å². The predicted molar refractivity (Wildman–Crippen MR) is 81.7 cm³/mol. The van der Waals surface area contributed by atoms with E-state index >= 15 is 0 Å². The first kappa shape index (κ1) is 16.5. The summed E-state index contributed by atoms with van der Waals surface area (Å²) in [4.78, 5) is 2.55. The fraction of sp³-hybridized carbons (Fsp3) is 0.600. The Bertz CT molecular complexity index is 439. The largest absolute Gasteiger partial charge is 0.446 e. The smallest absolute Gasteiger partial charge is 0.382 e. The lowest BCUT2D eigenvalue weighted by Crippen LogP contribution is -2.37. The van der Waals surface area contributed by atoms with Gasteiger partial charge in [-0.2, -0.15) is 13.2 Å². The van der Waals surface area contributed by atoms with Crippen molar-refractivity contribution in [2.24, 2.45) is 5.92 Å². The summed E-state index contributed by atoms with van der Waals surface area (Å²) >= 11 is -0.0767. The van der Waals surface area contributed by atoms with Crippen molar-refractivity contribution in [3.8, 4) is 0 Å². The van der Waals surface area contributed by atoms with Gasteiger partial charge in [0, 0.05) is 16.6 Å². The Kier molecular flexibility index (Phi) is 5.43. The van der Waals surface area contributed by atoms with E-state index in [0.29, 0.717) is 12.0 Å². The molecular formula is C15H21F3N2S. The molecule has 2 nitrogen and oxygen atoms in total. The van der Waals surface area contributed by atoms with Crippen LogP contribution in [-0.4, -0.2) is 36.6 Å². The molecule has 0 saturated carbocycles. The summed E-state index contributed by atoms with van der Waals surface area (Å²) < 4.78 is 36.8. The van der Waals surface area contributed by atoms with Gasteiger partial charge in [-0.05, 0) is 81.8 Å². The Morgan fingerprint density at radius 1 is 1.19 bits per heavy atom. The molecule has 2 rings (SSSR count). The van der Waals surface area contributed by atoms with E-state index in [1.807, 2.05) is 0 Å². The molecule has 1 heterocycles. The molecule has 1 aromatic rings. The number of nitrogens with zero attached hydrogens (tertiary/aromatic N) is 1. The number of piperidine rings is 1. The second-order valence-electron chi connectivity index (χ2n) is 5.65. The summed E-state index contributed by atoms with van der Waals surface area (Å²) in [5.41, 5.74) is -3.34. The first-order chi connectivity index (χ1) is 9.83. The predicted octanol–water partition coefficient (Wildman–Crippen LogP) is 4.44. The van der Waals surface area contributed by atoms with Gasteiger partial charge in [0.25, 0.3) is 0 Å². The molecule has 1 N–H and O–H groups in total. The Hall–Kier alpha value is -0.880. The van der Waals surface area contributed by atoms with Crippen LogP contribution < -0.4 is 5.32 Å². The van der Waals surface area contributed by atoms with Crippen molar-refractivity contribution < 1.29 is 13.2 Å². The number of likely N-dealkylation sites (tertiary alicyclic amines) is 1. The van der Waals surface area contributed by atoms with Crippen molar-refractivity contribution in [3.63, 3.8) is 0 Å². The van der Waals surface area contributed by atoms with Crippen LogP contribution in [0, 0.1) is 5.92 Å². The molecule has 0 aromatic heterocycles. The second-order valence-corrected chi connectivity index (χ2v) is 6.78. The molecule has 1 atom stereocenters. The van der Waals surface area contributed by atoms with Crippen molar-refractivity contribution in [1.29, 1.82) is 0 Å². The third-order valence-electron chi connectivity index (χ3n) is 3.95. The van der Waals surface area contributed by atoms with Crippen molar-refractivity contribution in [1.82, 2.24) is 4.90 Å². The standard InChI is InChI=1S/C15H21F3N2S/c1-11(12-7-9-20(2)10-8-12)19-13-3-5-14(6-4-13)21-15(16,17)18/h3-6,11-12,19H,7-10H2,1-2H3. The van der Waals surface area contributed by atoms with Gasteiger partial charge in [0.05, 0.1) is 0 Å². The highest BCUT2D eigenvalue weighted by molar-refractivity contribution is 8.00. The summed E-state index contributed by atoms with van der Waals surface area (Å²) in [7, 11) is 2.13. The van der Waals surface area contributed by atoms with Gasteiger partial charge in [-0.3, -0.25) is 0 Å². The van der Waals surface area contributed by atoms with Gasteiger partial charge in [0.1, 0.15) is 0 Å². The van der Waals surface area contributed by atoms with Crippen LogP contribution in [0.3, 0.4) is 0 Å². The Labute approximate surface area is 128 Å². The van der Waals surface area contributed by atoms with E-state index in [1.165, 1.54) is 12.1 Å². The van der Waals surface area contributed by atoms with Gasteiger partial charge in [-0.25, -0.2) is 0 Å². The molecule has 0 amide bonds. The van der Waals surface area contributed by atoms with Crippen molar-refractivity contribution in [2.45, 2.75) is 36.2 Å². The SMILES string of the molecule is CC(Nc1ccc(SC(F)(F)F)cc1)C1CCN(C)CC1. The van der Waals surface area contributed by atoms with E-state index in [9.17, 15) is 13.2 Å². The molecular weight excluding hydrogens is 297 g/mol. The third-order valence-corrected chi connectivity index (χ3v) is 4.69. The number of nitrogens with one attached hydrogen (secondary N) is 1. The average molecular weight is 318 g/mol. The van der Waals surface area contributed by atoms with Crippen LogP contribution in [0.1, 0.15) is 19.8 Å². The molecule has 6 heteroatoms. The monoisotopic (exact) mass is 318 g/mol. The highest BCUT2D eigenvalue weighted by Gasteiger charge is 2.29. The fourth-order valence-electron chi connectivity index (χ4n) is 2.66. The number of rotatable bonds is 4. The number of hydrogen-bond donors (Lipinski definition) is 1. The van der Waals surface area contributed by atoms with Crippen molar-refractivity contribution in [2.75, 3.05) is 25.5 Å². The van der Waals surface area contributed by atoms with Gasteiger partial charge in [0.15, 0.2) is 0 Å². The number of anilines is 1. The Morgan fingerprint density at radius 2 is 1.76 bits per heavy atom. The third kappa shape index (κ3) is 5.43. The first-order valence-corrected chi connectivity index (χ1v) is 7.96. The zero-order valence-corrected chi connectivity index (χ0v) is 13.1. The highest BCUT2D eigenvalue weighted by atomic mass is 32.2. The van der Waals surface area contributed by atoms with Crippen LogP contribution in [0.15, 0.2) is 29.2 Å². The average Bonchev–Trinajstić information content (AvgIpc) is 2.40. The van der Waals surface area contributed by atoms with Crippen LogP contribution in [0.4, 0.5) is 18.9 Å². The Balaban J connectivity index is 1.88. The number of hydrogen-bond acceptors (Lipinski definition) is 3. The maximum absolute atomic E-state index is 12.3. The quantitative estimate of drug-likeness (QED) is 0.826. The minimum Gasteiger partial charge on any atom is -0.382 e. The maximum Gasteiger partial charge on any atom is 0.446 e. The summed E-state index contributed by atoms with van der Waals surface area (Å²) in [6, 6.07) is 6.81. The molecule has 1 unspecified atom stereocenters. The maximum atomic E-state index is 12.3. The van der Waals surface area contributed by atoms with E-state index in [1.54, 1.807) is 12.1 Å². The lowest BCUT2D eigenvalue weighted by Gasteiger charge is -2.33. The summed E-state index contributed by atoms with van der Waals surface area (Å²) in [6.45, 7) is 4.37. The van der Waals surface area contributed by atoms with Gasteiger partial charge < -0.3 is 10.2 Å². The van der Waals surface area contributed by atoms with Crippen molar-refractivity contribution in [3.05, 3.63) is 24.3 Å². The van der Waals surface area contributed by atoms with Crippen LogP contribution in [0.25, 0.3) is 0 Å². The minimum atomic E-state index is -4.23. The van der Waals surface area contributed by atoms with Crippen LogP contribution in [-0.2, 0) is 0 Å². The number of alkyl halides is 3. The second kappa shape index (κ2) is 6.92. The minimum absolute atomic E-state index is 0.0767. The van der Waals surface area contributed by atoms with Gasteiger partial charge in [-0.15, -0.1) is 0 Å². The molecule has 21 heavy (non-hydrogen) atoms. The molecule has 118 valence electrons. The summed E-state index contributed by atoms with van der Waals surface area (Å²) in [5, 5.41) is 3.41. The lowest BCUT2D eigenvalue weighted by atomic mass is 9.90. The van der Waals surface area contributed by atoms with Crippen LogP contribution in [0.5, 0.6) is 0 Å². The molecule has 1 fully saturated rings. The van der Waals surface area contributed by atoms with E-state index in [0.717, 1.165) is 31.6 Å². The zero-order valence-electron chi connectivity index (χ0n) is 12.3. The molecule has 1 saturated heterocycles. The number of benzene rings is 1. The van der Waals surface area contributed by atoms with Crippen molar-refractivity contribution >= 4 is 17.4 Å². The summed E-state index contributed by atoms with van der Waals surface area (Å²) in [6.07, 6.45) is 2.32.